The van der Waals surface area contributed by atoms with Gasteiger partial charge in [0.1, 0.15) is 6.61 Å². The molecule has 0 spiro atoms. The van der Waals surface area contributed by atoms with Crippen LogP contribution in [-0.4, -0.2) is 11.0 Å². The molecule has 32 heavy (non-hydrogen) atoms. The van der Waals surface area contributed by atoms with Gasteiger partial charge in [-0.25, -0.2) is 0 Å². The summed E-state index contributed by atoms with van der Waals surface area (Å²) in [4.78, 5) is 16.4. The Bertz CT molecular complexity index is 951. The monoisotopic (exact) mass is 429 g/mol. The maximum absolute atomic E-state index is 12.0. The van der Waals surface area contributed by atoms with Crippen LogP contribution in [-0.2, 0) is 22.6 Å². The van der Waals surface area contributed by atoms with Crippen LogP contribution in [0.25, 0.3) is 11.1 Å². The zero-order valence-corrected chi connectivity index (χ0v) is 19.8. The zero-order chi connectivity index (χ0) is 23.8. The Morgan fingerprint density at radius 2 is 1.53 bits per heavy atom. The van der Waals surface area contributed by atoms with Crippen molar-refractivity contribution in [2.24, 2.45) is 0 Å². The first-order valence-electron chi connectivity index (χ1n) is 11.0. The Labute approximate surface area is 193 Å². The first kappa shape index (κ1) is 26.6. The highest BCUT2D eigenvalue weighted by Crippen LogP contribution is 2.27. The van der Waals surface area contributed by atoms with Crippen LogP contribution in [0.5, 0.6) is 0 Å². The quantitative estimate of drug-likeness (QED) is 0.290. The van der Waals surface area contributed by atoms with Gasteiger partial charge in [-0.1, -0.05) is 87.7 Å². The van der Waals surface area contributed by atoms with Crippen molar-refractivity contribution in [2.45, 2.75) is 47.1 Å². The lowest BCUT2D eigenvalue weighted by atomic mass is 9.96. The molecule has 2 aromatic carbocycles. The van der Waals surface area contributed by atoms with E-state index in [1.807, 2.05) is 56.6 Å². The van der Waals surface area contributed by atoms with E-state index in [0.717, 1.165) is 16.7 Å². The largest absolute Gasteiger partial charge is 0.461 e. The number of aromatic nitrogens is 1. The number of aryl methyl sites for hydroxylation is 3. The minimum atomic E-state index is -0.189. The van der Waals surface area contributed by atoms with E-state index < -0.39 is 0 Å². The molecule has 0 N–H and O–H groups in total. The Kier molecular flexibility index (Phi) is 12.8. The van der Waals surface area contributed by atoms with E-state index in [2.05, 4.69) is 56.3 Å². The number of rotatable bonds is 7. The van der Waals surface area contributed by atoms with Crippen LogP contribution in [0.3, 0.4) is 0 Å². The Balaban J connectivity index is 0.000000769. The van der Waals surface area contributed by atoms with Gasteiger partial charge in [0.15, 0.2) is 0 Å². The van der Waals surface area contributed by atoms with Crippen LogP contribution in [0.2, 0.25) is 0 Å². The van der Waals surface area contributed by atoms with Crippen LogP contribution >= 0.6 is 0 Å². The zero-order valence-electron chi connectivity index (χ0n) is 19.8. The second-order valence-corrected chi connectivity index (χ2v) is 6.97. The molecule has 0 aliphatic carbocycles. The smallest absolute Gasteiger partial charge is 0.306 e. The molecule has 168 valence electrons. The summed E-state index contributed by atoms with van der Waals surface area (Å²) in [5, 5.41) is 0. The number of pyridine rings is 1. The summed E-state index contributed by atoms with van der Waals surface area (Å²) >= 11 is 0. The lowest BCUT2D eigenvalue weighted by Crippen LogP contribution is -2.06. The second-order valence-electron chi connectivity index (χ2n) is 6.97. The number of carbonyl (C=O) groups is 1. The SMILES string of the molecule is C=CC=C.CC.Cc1cccc(C)c1-c1cncc(CCC(=O)OCc2ccccc2)c1. The van der Waals surface area contributed by atoms with E-state index in [1.165, 1.54) is 16.7 Å². The maximum Gasteiger partial charge on any atom is 0.306 e. The number of benzene rings is 2. The summed E-state index contributed by atoms with van der Waals surface area (Å²) in [6.07, 6.45) is 7.96. The normalized spacial score (nSPS) is 9.38. The third-order valence-electron chi connectivity index (χ3n) is 4.59. The van der Waals surface area contributed by atoms with Gasteiger partial charge in [0.25, 0.3) is 0 Å². The lowest BCUT2D eigenvalue weighted by molar-refractivity contribution is -0.144. The molecule has 0 bridgehead atoms. The number of hydrogen-bond acceptors (Lipinski definition) is 3. The molecule has 0 fully saturated rings. The topological polar surface area (TPSA) is 39.2 Å². The van der Waals surface area contributed by atoms with Gasteiger partial charge in [-0.2, -0.15) is 0 Å². The molecule has 3 aromatic rings. The molecular formula is C29H35NO2. The minimum Gasteiger partial charge on any atom is -0.461 e. The van der Waals surface area contributed by atoms with Crippen LogP contribution in [0.1, 0.15) is 42.5 Å². The Hall–Kier alpha value is -3.46. The molecule has 1 heterocycles. The van der Waals surface area contributed by atoms with Crippen molar-refractivity contribution in [1.29, 1.82) is 0 Å². The van der Waals surface area contributed by atoms with Gasteiger partial charge in [0, 0.05) is 24.4 Å². The predicted octanol–water partition coefficient (Wildman–Crippen LogP) is 7.43. The summed E-state index contributed by atoms with van der Waals surface area (Å²) in [7, 11) is 0. The molecule has 0 aliphatic heterocycles. The van der Waals surface area contributed by atoms with Crippen molar-refractivity contribution in [2.75, 3.05) is 0 Å². The molecule has 0 saturated heterocycles. The average Bonchev–Trinajstić information content (AvgIpc) is 2.84. The second kappa shape index (κ2) is 15.4. The molecule has 3 nitrogen and oxygen atoms in total. The lowest BCUT2D eigenvalue weighted by Gasteiger charge is -2.11. The number of allylic oxidation sites excluding steroid dienone is 2. The third kappa shape index (κ3) is 9.13. The summed E-state index contributed by atoms with van der Waals surface area (Å²) in [6, 6.07) is 18.1. The van der Waals surface area contributed by atoms with Crippen molar-refractivity contribution in [1.82, 2.24) is 4.98 Å². The number of carbonyl (C=O) groups excluding carboxylic acids is 1. The standard InChI is InChI=1S/C23H23NO2.C4H6.C2H6/c1-17-7-6-8-18(2)23(17)21-13-20(14-24-15-21)11-12-22(25)26-16-19-9-4-3-5-10-19;1-3-4-2;1-2/h3-10,13-15H,11-12,16H2,1-2H3;3-4H,1-2H2;1-2H3. The van der Waals surface area contributed by atoms with E-state index in [1.54, 1.807) is 12.2 Å². The molecule has 0 atom stereocenters. The highest BCUT2D eigenvalue weighted by atomic mass is 16.5. The van der Waals surface area contributed by atoms with Crippen molar-refractivity contribution < 1.29 is 9.53 Å². The molecule has 0 aliphatic rings. The fraction of sp³-hybridized carbons (Fsp3) is 0.241. The van der Waals surface area contributed by atoms with E-state index in [-0.39, 0.29) is 5.97 Å². The van der Waals surface area contributed by atoms with Gasteiger partial charge in [-0.3, -0.25) is 9.78 Å². The van der Waals surface area contributed by atoms with Gasteiger partial charge in [-0.15, -0.1) is 0 Å². The molecule has 0 amide bonds. The first-order valence-corrected chi connectivity index (χ1v) is 11.0. The molecule has 3 rings (SSSR count). The number of ether oxygens (including phenoxy) is 1. The highest BCUT2D eigenvalue weighted by Gasteiger charge is 2.09. The summed E-state index contributed by atoms with van der Waals surface area (Å²) in [6.45, 7) is 15.3. The number of esters is 1. The van der Waals surface area contributed by atoms with Crippen molar-refractivity contribution >= 4 is 5.97 Å². The summed E-state index contributed by atoms with van der Waals surface area (Å²) < 4.78 is 5.34. The molecule has 1 aromatic heterocycles. The van der Waals surface area contributed by atoms with Gasteiger partial charge < -0.3 is 4.74 Å². The van der Waals surface area contributed by atoms with E-state index >= 15 is 0 Å². The Morgan fingerprint density at radius 3 is 2.12 bits per heavy atom. The predicted molar refractivity (Wildman–Crippen MR) is 135 cm³/mol. The molecule has 0 radical (unpaired) electrons. The third-order valence-corrected chi connectivity index (χ3v) is 4.59. The number of nitrogens with zero attached hydrogens (tertiary/aromatic N) is 1. The molecule has 3 heteroatoms. The van der Waals surface area contributed by atoms with E-state index in [0.29, 0.717) is 19.4 Å². The molecule has 0 saturated carbocycles. The number of hydrogen-bond donors (Lipinski definition) is 0. The van der Waals surface area contributed by atoms with E-state index in [4.69, 9.17) is 4.74 Å². The van der Waals surface area contributed by atoms with Gasteiger partial charge in [0.05, 0.1) is 0 Å². The summed E-state index contributed by atoms with van der Waals surface area (Å²) in [5.41, 5.74) is 6.81. The Morgan fingerprint density at radius 1 is 0.906 bits per heavy atom. The highest BCUT2D eigenvalue weighted by molar-refractivity contribution is 5.71. The maximum atomic E-state index is 12.0. The van der Waals surface area contributed by atoms with Crippen molar-refractivity contribution in [3.05, 3.63) is 115 Å². The van der Waals surface area contributed by atoms with Crippen LogP contribution in [0.15, 0.2) is 92.3 Å². The average molecular weight is 430 g/mol. The molecule has 0 unspecified atom stereocenters. The summed E-state index contributed by atoms with van der Waals surface area (Å²) in [5.74, 6) is -0.189. The fourth-order valence-electron chi connectivity index (χ4n) is 3.09. The van der Waals surface area contributed by atoms with E-state index in [9.17, 15) is 4.79 Å². The van der Waals surface area contributed by atoms with Gasteiger partial charge in [-0.05, 0) is 54.2 Å². The fourth-order valence-corrected chi connectivity index (χ4v) is 3.09. The van der Waals surface area contributed by atoms with Crippen LogP contribution in [0.4, 0.5) is 0 Å². The van der Waals surface area contributed by atoms with Crippen molar-refractivity contribution in [3.63, 3.8) is 0 Å². The van der Waals surface area contributed by atoms with Crippen LogP contribution < -0.4 is 0 Å². The van der Waals surface area contributed by atoms with Gasteiger partial charge >= 0.3 is 5.97 Å². The van der Waals surface area contributed by atoms with Crippen LogP contribution in [0, 0.1) is 13.8 Å². The van der Waals surface area contributed by atoms with Crippen molar-refractivity contribution in [3.8, 4) is 11.1 Å². The minimum absolute atomic E-state index is 0.189. The first-order chi connectivity index (χ1) is 15.5. The van der Waals surface area contributed by atoms with Gasteiger partial charge in [0.2, 0.25) is 0 Å². The molecular weight excluding hydrogens is 394 g/mol.